The van der Waals surface area contributed by atoms with Gasteiger partial charge in [-0.15, -0.1) is 0 Å². The lowest BCUT2D eigenvalue weighted by atomic mass is 10.1. The summed E-state index contributed by atoms with van der Waals surface area (Å²) in [6, 6.07) is 11.5. The molecule has 1 N–H and O–H groups in total. The first-order valence-corrected chi connectivity index (χ1v) is 6.43. The van der Waals surface area contributed by atoms with E-state index in [4.69, 9.17) is 8.83 Å². The Kier molecular flexibility index (Phi) is 3.65. The summed E-state index contributed by atoms with van der Waals surface area (Å²) >= 11 is 0. The highest BCUT2D eigenvalue weighted by Crippen LogP contribution is 2.33. The molecule has 0 spiro atoms. The van der Waals surface area contributed by atoms with Crippen molar-refractivity contribution in [2.75, 3.05) is 5.32 Å². The summed E-state index contributed by atoms with van der Waals surface area (Å²) in [6.07, 6.45) is -3.67. The predicted molar refractivity (Wildman–Crippen MR) is 74.3 cm³/mol. The molecule has 0 saturated carbocycles. The van der Waals surface area contributed by atoms with Crippen LogP contribution in [0.25, 0.3) is 22.9 Å². The topological polar surface area (TPSA) is 68.3 Å². The van der Waals surface area contributed by atoms with Gasteiger partial charge in [0.05, 0.1) is 6.26 Å². The third-order valence-corrected chi connectivity index (χ3v) is 2.89. The Bertz CT molecular complexity index is 808. The second-order valence-corrected chi connectivity index (χ2v) is 4.49. The molecule has 0 aliphatic rings. The van der Waals surface area contributed by atoms with Gasteiger partial charge in [-0.05, 0) is 12.1 Å². The van der Waals surface area contributed by atoms with Crippen molar-refractivity contribution in [2.45, 2.75) is 6.18 Å². The van der Waals surface area contributed by atoms with Gasteiger partial charge in [-0.25, -0.2) is 4.98 Å². The molecule has 1 aromatic carbocycles. The summed E-state index contributed by atoms with van der Waals surface area (Å²) in [4.78, 5) is 15.3. The minimum atomic E-state index is -5.04. The maximum absolute atomic E-state index is 12.5. The molecule has 3 aromatic rings. The van der Waals surface area contributed by atoms with Crippen LogP contribution in [0.4, 0.5) is 19.1 Å². The number of furan rings is 1. The first kappa shape index (κ1) is 14.9. The van der Waals surface area contributed by atoms with Gasteiger partial charge in [0.25, 0.3) is 5.89 Å². The average molecular weight is 322 g/mol. The van der Waals surface area contributed by atoms with Gasteiger partial charge in [-0.2, -0.15) is 13.2 Å². The number of oxazole rings is 1. The Labute approximate surface area is 127 Å². The minimum Gasteiger partial charge on any atom is -0.459 e. The lowest BCUT2D eigenvalue weighted by molar-refractivity contribution is -0.167. The largest absolute Gasteiger partial charge is 0.471 e. The number of carbonyl (C=O) groups is 1. The Morgan fingerprint density at radius 3 is 2.43 bits per heavy atom. The lowest BCUT2D eigenvalue weighted by Crippen LogP contribution is -2.29. The van der Waals surface area contributed by atoms with Crippen LogP contribution < -0.4 is 5.32 Å². The van der Waals surface area contributed by atoms with Crippen LogP contribution in [0.1, 0.15) is 0 Å². The Morgan fingerprint density at radius 1 is 1.09 bits per heavy atom. The number of hydrogen-bond acceptors (Lipinski definition) is 4. The monoisotopic (exact) mass is 322 g/mol. The number of anilines is 1. The van der Waals surface area contributed by atoms with Gasteiger partial charge in [-0.3, -0.25) is 10.1 Å². The maximum Gasteiger partial charge on any atom is 0.471 e. The smallest absolute Gasteiger partial charge is 0.459 e. The molecule has 1 amide bonds. The van der Waals surface area contributed by atoms with Crippen LogP contribution in [0.3, 0.4) is 0 Å². The zero-order valence-corrected chi connectivity index (χ0v) is 11.4. The van der Waals surface area contributed by atoms with E-state index in [-0.39, 0.29) is 17.3 Å². The molecule has 3 rings (SSSR count). The molecule has 0 aliphatic heterocycles. The third kappa shape index (κ3) is 3.10. The van der Waals surface area contributed by atoms with Crippen LogP contribution >= 0.6 is 0 Å². The maximum atomic E-state index is 12.5. The molecule has 0 aliphatic carbocycles. The Hall–Kier alpha value is -3.03. The highest BCUT2D eigenvalue weighted by molar-refractivity contribution is 5.96. The number of alkyl halides is 3. The van der Waals surface area contributed by atoms with Gasteiger partial charge in [0.15, 0.2) is 5.76 Å². The van der Waals surface area contributed by atoms with Crippen LogP contribution in [-0.4, -0.2) is 17.1 Å². The molecular formula is C15H9F3N2O3. The van der Waals surface area contributed by atoms with E-state index < -0.39 is 18.0 Å². The Balaban J connectivity index is 2.04. The zero-order chi connectivity index (χ0) is 16.4. The summed E-state index contributed by atoms with van der Waals surface area (Å²) in [6.45, 7) is 0. The van der Waals surface area contributed by atoms with Crippen LogP contribution in [0.5, 0.6) is 0 Å². The molecular weight excluding hydrogens is 313 g/mol. The van der Waals surface area contributed by atoms with Crippen molar-refractivity contribution < 1.29 is 26.8 Å². The molecule has 0 fully saturated rings. The molecule has 23 heavy (non-hydrogen) atoms. The number of amides is 1. The van der Waals surface area contributed by atoms with Crippen LogP contribution in [0, 0.1) is 0 Å². The van der Waals surface area contributed by atoms with Crippen molar-refractivity contribution in [1.82, 2.24) is 4.98 Å². The summed E-state index contributed by atoms with van der Waals surface area (Å²) in [5, 5.41) is 1.70. The Morgan fingerprint density at radius 2 is 1.83 bits per heavy atom. The van der Waals surface area contributed by atoms with Crippen LogP contribution in [0.2, 0.25) is 0 Å². The number of halogens is 3. The highest BCUT2D eigenvalue weighted by Gasteiger charge is 2.40. The summed E-state index contributed by atoms with van der Waals surface area (Å²) < 4.78 is 47.7. The first-order chi connectivity index (χ1) is 10.9. The number of hydrogen-bond donors (Lipinski definition) is 1. The van der Waals surface area contributed by atoms with Gasteiger partial charge in [0.2, 0.25) is 5.88 Å². The number of nitrogens with zero attached hydrogens (tertiary/aromatic N) is 1. The molecule has 118 valence electrons. The second kappa shape index (κ2) is 5.64. The average Bonchev–Trinajstić information content (AvgIpc) is 3.16. The number of benzene rings is 1. The zero-order valence-electron chi connectivity index (χ0n) is 11.4. The normalized spacial score (nSPS) is 11.4. The summed E-state index contributed by atoms with van der Waals surface area (Å²) in [7, 11) is 0. The number of carbonyl (C=O) groups excluding carboxylic acids is 1. The second-order valence-electron chi connectivity index (χ2n) is 4.49. The molecule has 0 atom stereocenters. The summed E-state index contributed by atoms with van der Waals surface area (Å²) in [5.41, 5.74) is 0.570. The lowest BCUT2D eigenvalue weighted by Gasteiger charge is -2.06. The third-order valence-electron chi connectivity index (χ3n) is 2.89. The molecule has 0 saturated heterocycles. The van der Waals surface area contributed by atoms with E-state index in [0.29, 0.717) is 5.56 Å². The number of rotatable bonds is 3. The van der Waals surface area contributed by atoms with Gasteiger partial charge in [0, 0.05) is 5.56 Å². The van der Waals surface area contributed by atoms with Gasteiger partial charge in [-0.1, -0.05) is 30.3 Å². The van der Waals surface area contributed by atoms with E-state index in [2.05, 4.69) is 4.98 Å². The van der Waals surface area contributed by atoms with Crippen molar-refractivity contribution >= 4 is 11.8 Å². The highest BCUT2D eigenvalue weighted by atomic mass is 19.4. The van der Waals surface area contributed by atoms with E-state index >= 15 is 0 Å². The minimum absolute atomic E-state index is 0.0358. The van der Waals surface area contributed by atoms with E-state index in [1.807, 2.05) is 0 Å². The van der Waals surface area contributed by atoms with Crippen molar-refractivity contribution in [3.63, 3.8) is 0 Å². The van der Waals surface area contributed by atoms with Crippen molar-refractivity contribution in [2.24, 2.45) is 0 Å². The fourth-order valence-electron chi connectivity index (χ4n) is 1.88. The molecule has 8 heteroatoms. The number of aromatic nitrogens is 1. The van der Waals surface area contributed by atoms with Gasteiger partial charge < -0.3 is 8.83 Å². The van der Waals surface area contributed by atoms with E-state index in [1.54, 1.807) is 41.7 Å². The van der Waals surface area contributed by atoms with Crippen molar-refractivity contribution in [3.8, 4) is 22.9 Å². The molecule has 0 unspecified atom stereocenters. The fraction of sp³-hybridized carbons (Fsp3) is 0.0667. The van der Waals surface area contributed by atoms with Gasteiger partial charge >= 0.3 is 12.1 Å². The SMILES string of the molecule is O=C(Nc1oc(-c2ccco2)nc1-c1ccccc1)C(F)(F)F. The molecule has 2 heterocycles. The molecule has 0 radical (unpaired) electrons. The van der Waals surface area contributed by atoms with Crippen molar-refractivity contribution in [3.05, 3.63) is 48.7 Å². The van der Waals surface area contributed by atoms with E-state index in [0.717, 1.165) is 0 Å². The fourth-order valence-corrected chi connectivity index (χ4v) is 1.88. The van der Waals surface area contributed by atoms with Crippen LogP contribution in [0.15, 0.2) is 57.6 Å². The van der Waals surface area contributed by atoms with Crippen LogP contribution in [-0.2, 0) is 4.79 Å². The number of nitrogens with one attached hydrogen (secondary N) is 1. The van der Waals surface area contributed by atoms with E-state index in [1.165, 1.54) is 12.3 Å². The van der Waals surface area contributed by atoms with E-state index in [9.17, 15) is 18.0 Å². The first-order valence-electron chi connectivity index (χ1n) is 6.43. The molecule has 0 bridgehead atoms. The quantitative estimate of drug-likeness (QED) is 0.788. The summed E-state index contributed by atoms with van der Waals surface area (Å²) in [5.74, 6) is -2.34. The van der Waals surface area contributed by atoms with Gasteiger partial charge in [0.1, 0.15) is 5.69 Å². The molecule has 5 nitrogen and oxygen atoms in total. The van der Waals surface area contributed by atoms with Crippen molar-refractivity contribution in [1.29, 1.82) is 0 Å². The predicted octanol–water partition coefficient (Wildman–Crippen LogP) is 4.10. The standard InChI is InChI=1S/C15H9F3N2O3/c16-15(17,18)14(21)20-13-11(9-5-2-1-3-6-9)19-12(23-13)10-7-4-8-22-10/h1-8H,(H,20,21). The molecule has 2 aromatic heterocycles.